The number of hydrogen-bond donors (Lipinski definition) is 2. The number of nitrogens with two attached hydrogens (primary N) is 2. The number of carbonyl (C=O) groups excluding carboxylic acids is 1. The zero-order valence-electron chi connectivity index (χ0n) is 11.8. The lowest BCUT2D eigenvalue weighted by Gasteiger charge is -2.21. The Labute approximate surface area is 118 Å². The highest BCUT2D eigenvalue weighted by Crippen LogP contribution is 2.27. The predicted molar refractivity (Wildman–Crippen MR) is 81.1 cm³/mol. The van der Waals surface area contributed by atoms with E-state index in [4.69, 9.17) is 11.5 Å². The van der Waals surface area contributed by atoms with Gasteiger partial charge >= 0.3 is 0 Å². The number of nitrogen functional groups attached to an aromatic ring is 1. The van der Waals surface area contributed by atoms with Gasteiger partial charge in [0.25, 0.3) is 5.91 Å². The second-order valence-corrected chi connectivity index (χ2v) is 4.91. The van der Waals surface area contributed by atoms with E-state index in [1.807, 2.05) is 37.9 Å². The van der Waals surface area contributed by atoms with Crippen LogP contribution in [0.2, 0.25) is 0 Å². The topological polar surface area (TPSA) is 85.2 Å². The number of benzene rings is 1. The van der Waals surface area contributed by atoms with Gasteiger partial charge in [0.1, 0.15) is 5.82 Å². The fourth-order valence-corrected chi connectivity index (χ4v) is 2.19. The molecule has 1 aromatic carbocycles. The first-order valence-corrected chi connectivity index (χ1v) is 6.26. The average Bonchev–Trinajstić information content (AvgIpc) is 2.36. The van der Waals surface area contributed by atoms with Gasteiger partial charge in [-0.25, -0.2) is 4.98 Å². The highest BCUT2D eigenvalue weighted by molar-refractivity contribution is 5.99. The van der Waals surface area contributed by atoms with Crippen LogP contribution in [0.5, 0.6) is 0 Å². The van der Waals surface area contributed by atoms with E-state index >= 15 is 0 Å². The van der Waals surface area contributed by atoms with Gasteiger partial charge in [0, 0.05) is 12.7 Å². The summed E-state index contributed by atoms with van der Waals surface area (Å²) in [5, 5.41) is 0. The molecule has 0 radical (unpaired) electrons. The lowest BCUT2D eigenvalue weighted by molar-refractivity contribution is 0.100. The summed E-state index contributed by atoms with van der Waals surface area (Å²) in [5.74, 6) is -0.0484. The summed E-state index contributed by atoms with van der Waals surface area (Å²) in [6.07, 6.45) is 1.51. The molecule has 5 heteroatoms. The van der Waals surface area contributed by atoms with E-state index in [-0.39, 0.29) is 0 Å². The van der Waals surface area contributed by atoms with Crippen LogP contribution >= 0.6 is 0 Å². The van der Waals surface area contributed by atoms with Crippen molar-refractivity contribution in [3.63, 3.8) is 0 Å². The van der Waals surface area contributed by atoms with Crippen molar-refractivity contribution in [2.24, 2.45) is 5.73 Å². The van der Waals surface area contributed by atoms with E-state index in [1.165, 1.54) is 6.20 Å². The molecule has 104 valence electrons. The molecule has 1 aromatic heterocycles. The summed E-state index contributed by atoms with van der Waals surface area (Å²) in [6.45, 7) is 4.05. The largest absolute Gasteiger partial charge is 0.397 e. The third-order valence-electron chi connectivity index (χ3n) is 3.06. The molecule has 0 aliphatic rings. The molecule has 0 fully saturated rings. The number of hydrogen-bond acceptors (Lipinski definition) is 4. The van der Waals surface area contributed by atoms with Crippen LogP contribution in [0.1, 0.15) is 21.5 Å². The highest BCUT2D eigenvalue weighted by Gasteiger charge is 2.15. The maximum Gasteiger partial charge on any atom is 0.252 e. The predicted octanol–water partition coefficient (Wildman–Crippen LogP) is 2.15. The van der Waals surface area contributed by atoms with Crippen molar-refractivity contribution in [2.45, 2.75) is 13.8 Å². The number of aromatic nitrogens is 1. The maximum absolute atomic E-state index is 11.5. The van der Waals surface area contributed by atoms with Gasteiger partial charge in [-0.1, -0.05) is 6.07 Å². The third kappa shape index (κ3) is 2.71. The zero-order valence-corrected chi connectivity index (χ0v) is 11.8. The number of amides is 1. The number of nitrogens with zero attached hydrogens (tertiary/aromatic N) is 2. The summed E-state index contributed by atoms with van der Waals surface area (Å²) in [5.41, 5.74) is 15.0. The minimum atomic E-state index is -0.545. The monoisotopic (exact) mass is 270 g/mol. The molecule has 2 aromatic rings. The van der Waals surface area contributed by atoms with E-state index in [1.54, 1.807) is 6.07 Å². The second-order valence-electron chi connectivity index (χ2n) is 4.91. The number of anilines is 3. The third-order valence-corrected chi connectivity index (χ3v) is 3.06. The normalized spacial score (nSPS) is 10.3. The molecule has 0 unspecified atom stereocenters. The van der Waals surface area contributed by atoms with Crippen molar-refractivity contribution in [1.82, 2.24) is 4.98 Å². The highest BCUT2D eigenvalue weighted by atomic mass is 16.1. The number of pyridine rings is 1. The molecule has 0 atom stereocenters. The van der Waals surface area contributed by atoms with E-state index in [2.05, 4.69) is 11.1 Å². The Morgan fingerprint density at radius 2 is 1.75 bits per heavy atom. The lowest BCUT2D eigenvalue weighted by Crippen LogP contribution is -2.20. The fourth-order valence-electron chi connectivity index (χ4n) is 2.19. The molecule has 1 heterocycles. The molecule has 0 aliphatic heterocycles. The van der Waals surface area contributed by atoms with Crippen molar-refractivity contribution in [2.75, 3.05) is 17.7 Å². The number of primary amides is 1. The van der Waals surface area contributed by atoms with Crippen LogP contribution in [0, 0.1) is 13.8 Å². The van der Waals surface area contributed by atoms with Gasteiger partial charge in [0.15, 0.2) is 0 Å². The van der Waals surface area contributed by atoms with Gasteiger partial charge in [-0.05, 0) is 43.2 Å². The average molecular weight is 270 g/mol. The van der Waals surface area contributed by atoms with E-state index in [0.29, 0.717) is 17.1 Å². The van der Waals surface area contributed by atoms with Crippen molar-refractivity contribution in [3.05, 3.63) is 47.2 Å². The summed E-state index contributed by atoms with van der Waals surface area (Å²) >= 11 is 0. The van der Waals surface area contributed by atoms with E-state index < -0.39 is 5.91 Å². The van der Waals surface area contributed by atoms with E-state index in [0.717, 1.165) is 16.8 Å². The van der Waals surface area contributed by atoms with Gasteiger partial charge in [-0.3, -0.25) is 4.79 Å². The van der Waals surface area contributed by atoms with Gasteiger partial charge in [0.05, 0.1) is 17.4 Å². The molecule has 0 bridgehead atoms. The van der Waals surface area contributed by atoms with Crippen LogP contribution < -0.4 is 16.4 Å². The Kier molecular flexibility index (Phi) is 3.61. The summed E-state index contributed by atoms with van der Waals surface area (Å²) < 4.78 is 0. The van der Waals surface area contributed by atoms with E-state index in [9.17, 15) is 4.79 Å². The first-order chi connectivity index (χ1) is 9.38. The lowest BCUT2D eigenvalue weighted by atomic mass is 10.1. The first kappa shape index (κ1) is 13.9. The summed E-state index contributed by atoms with van der Waals surface area (Å²) in [4.78, 5) is 17.6. The van der Waals surface area contributed by atoms with Gasteiger partial charge in [-0.15, -0.1) is 0 Å². The van der Waals surface area contributed by atoms with Gasteiger partial charge in [0.2, 0.25) is 0 Å². The SMILES string of the molecule is Cc1cc(C)cc(N(C)c2ncc(N)cc2C(N)=O)c1. The quantitative estimate of drug-likeness (QED) is 0.894. The maximum atomic E-state index is 11.5. The molecular weight excluding hydrogens is 252 g/mol. The fraction of sp³-hybridized carbons (Fsp3) is 0.200. The van der Waals surface area contributed by atoms with Gasteiger partial charge in [-0.2, -0.15) is 0 Å². The molecule has 20 heavy (non-hydrogen) atoms. The smallest absolute Gasteiger partial charge is 0.252 e. The molecule has 2 rings (SSSR count). The molecule has 0 saturated carbocycles. The zero-order chi connectivity index (χ0) is 14.9. The first-order valence-electron chi connectivity index (χ1n) is 6.26. The molecular formula is C15H18N4O. The number of carbonyl (C=O) groups is 1. The Morgan fingerprint density at radius 3 is 2.30 bits per heavy atom. The molecule has 5 nitrogen and oxygen atoms in total. The van der Waals surface area contributed by atoms with Crippen LogP contribution in [0.4, 0.5) is 17.2 Å². The Hall–Kier alpha value is -2.56. The number of rotatable bonds is 3. The van der Waals surface area contributed by atoms with Crippen molar-refractivity contribution >= 4 is 23.1 Å². The van der Waals surface area contributed by atoms with Gasteiger partial charge < -0.3 is 16.4 Å². The van der Waals surface area contributed by atoms with Crippen LogP contribution in [-0.2, 0) is 0 Å². The van der Waals surface area contributed by atoms with Crippen molar-refractivity contribution < 1.29 is 4.79 Å². The second kappa shape index (κ2) is 5.21. The standard InChI is InChI=1S/C15H18N4O/c1-9-4-10(2)6-12(5-9)19(3)15-13(14(17)20)7-11(16)8-18-15/h4-8H,16H2,1-3H3,(H2,17,20). The Balaban J connectivity index is 2.52. The van der Waals surface area contributed by atoms with Crippen LogP contribution in [-0.4, -0.2) is 17.9 Å². The number of aryl methyl sites for hydroxylation is 2. The minimum absolute atomic E-state index is 0.312. The summed E-state index contributed by atoms with van der Waals surface area (Å²) in [6, 6.07) is 7.68. The van der Waals surface area contributed by atoms with Crippen LogP contribution in [0.25, 0.3) is 0 Å². The molecule has 0 saturated heterocycles. The van der Waals surface area contributed by atoms with Crippen molar-refractivity contribution in [3.8, 4) is 0 Å². The summed E-state index contributed by atoms with van der Waals surface area (Å²) in [7, 11) is 1.85. The Morgan fingerprint density at radius 1 is 1.15 bits per heavy atom. The van der Waals surface area contributed by atoms with Crippen LogP contribution in [0.15, 0.2) is 30.5 Å². The molecule has 0 aliphatic carbocycles. The molecule has 0 spiro atoms. The van der Waals surface area contributed by atoms with Crippen LogP contribution in [0.3, 0.4) is 0 Å². The van der Waals surface area contributed by atoms with Crippen molar-refractivity contribution in [1.29, 1.82) is 0 Å². The molecule has 1 amide bonds. The molecule has 4 N–H and O–H groups in total. The minimum Gasteiger partial charge on any atom is -0.397 e. The Bertz CT molecular complexity index is 647.